The van der Waals surface area contributed by atoms with Crippen LogP contribution in [0, 0.1) is 11.3 Å². The fraction of sp³-hybridized carbons (Fsp3) is 0.471. The largest absolute Gasteiger partial charge is 0.490 e. The molecule has 0 saturated heterocycles. The summed E-state index contributed by atoms with van der Waals surface area (Å²) < 4.78 is 44.8. The maximum atomic E-state index is 13.0. The fourth-order valence-corrected chi connectivity index (χ4v) is 3.07. The monoisotopic (exact) mass is 394 g/mol. The first-order valence-electron chi connectivity index (χ1n) is 8.59. The molecule has 1 N–H and O–H groups in total. The number of nitrogens with one attached hydrogen (secondary N) is 1. The lowest BCUT2D eigenvalue weighted by molar-refractivity contribution is -0.137. The Morgan fingerprint density at radius 3 is 2.61 bits per heavy atom. The maximum Gasteiger partial charge on any atom is 0.417 e. The number of hydrogen-bond donors (Lipinski definition) is 1. The molecule has 3 rings (SSSR count). The molecule has 1 aromatic carbocycles. The van der Waals surface area contributed by atoms with Crippen LogP contribution in [0.2, 0.25) is 0 Å². The number of tetrazole rings is 1. The Balaban J connectivity index is 1.56. The van der Waals surface area contributed by atoms with Crippen molar-refractivity contribution < 1.29 is 22.7 Å². The molecular formula is C17H17F3N6O2. The van der Waals surface area contributed by atoms with Gasteiger partial charge in [0.2, 0.25) is 0 Å². The van der Waals surface area contributed by atoms with Gasteiger partial charge in [-0.1, -0.05) is 0 Å². The molecule has 2 aromatic rings. The number of aryl methyl sites for hydroxylation is 1. The highest BCUT2D eigenvalue weighted by atomic mass is 19.4. The van der Waals surface area contributed by atoms with Crippen molar-refractivity contribution in [2.45, 2.75) is 44.0 Å². The highest BCUT2D eigenvalue weighted by Crippen LogP contribution is 2.35. The number of halogens is 3. The van der Waals surface area contributed by atoms with E-state index in [9.17, 15) is 18.0 Å². The van der Waals surface area contributed by atoms with E-state index in [1.807, 2.05) is 0 Å². The van der Waals surface area contributed by atoms with E-state index in [4.69, 9.17) is 10.00 Å². The van der Waals surface area contributed by atoms with Crippen molar-refractivity contribution in [3.05, 3.63) is 35.2 Å². The number of carbonyl (C=O) groups excluding carboxylic acids is 1. The van der Waals surface area contributed by atoms with Crippen molar-refractivity contribution in [3.63, 3.8) is 0 Å². The molecule has 1 amide bonds. The Bertz CT molecular complexity index is 897. The lowest BCUT2D eigenvalue weighted by atomic mass is 9.93. The normalized spacial score (nSPS) is 19.7. The van der Waals surface area contributed by atoms with Crippen LogP contribution >= 0.6 is 0 Å². The van der Waals surface area contributed by atoms with Crippen molar-refractivity contribution >= 4 is 5.91 Å². The second-order valence-electron chi connectivity index (χ2n) is 6.48. The van der Waals surface area contributed by atoms with Crippen molar-refractivity contribution in [3.8, 4) is 11.8 Å². The summed E-state index contributed by atoms with van der Waals surface area (Å²) in [5.41, 5.74) is -1.45. The minimum atomic E-state index is -4.62. The fourth-order valence-electron chi connectivity index (χ4n) is 3.07. The lowest BCUT2D eigenvalue weighted by Gasteiger charge is -2.29. The third-order valence-electron chi connectivity index (χ3n) is 4.44. The highest BCUT2D eigenvalue weighted by molar-refractivity contribution is 5.90. The first-order valence-corrected chi connectivity index (χ1v) is 8.59. The zero-order chi connectivity index (χ0) is 20.3. The van der Waals surface area contributed by atoms with E-state index in [0.29, 0.717) is 25.7 Å². The standard InChI is InChI=1S/C17H17F3N6O2/c1-26-24-15(23-25-26)16(27)22-11-3-6-12(7-4-11)28-13-5-2-10(9-21)14(8-13)17(18,19)20/h2,5,8,11-12H,3-4,6-7H2,1H3,(H,22,27). The average Bonchev–Trinajstić information content (AvgIpc) is 3.09. The maximum absolute atomic E-state index is 13.0. The van der Waals surface area contributed by atoms with Gasteiger partial charge in [0.25, 0.3) is 11.7 Å². The second-order valence-corrected chi connectivity index (χ2v) is 6.48. The zero-order valence-electron chi connectivity index (χ0n) is 14.9. The minimum absolute atomic E-state index is 0.0156. The molecule has 1 aliphatic rings. The molecule has 148 valence electrons. The van der Waals surface area contributed by atoms with Crippen LogP contribution in [0.4, 0.5) is 13.2 Å². The number of benzene rings is 1. The third-order valence-corrected chi connectivity index (χ3v) is 4.44. The number of nitriles is 1. The van der Waals surface area contributed by atoms with E-state index >= 15 is 0 Å². The number of nitrogens with zero attached hydrogens (tertiary/aromatic N) is 5. The minimum Gasteiger partial charge on any atom is -0.490 e. The second kappa shape index (κ2) is 7.84. The lowest BCUT2D eigenvalue weighted by Crippen LogP contribution is -2.40. The predicted octanol–water partition coefficient (Wildman–Crippen LogP) is 2.22. The first-order chi connectivity index (χ1) is 13.3. The highest BCUT2D eigenvalue weighted by Gasteiger charge is 2.34. The molecule has 1 aliphatic carbocycles. The summed E-state index contributed by atoms with van der Waals surface area (Å²) in [6.07, 6.45) is -2.53. The van der Waals surface area contributed by atoms with Gasteiger partial charge in [-0.15, -0.1) is 10.2 Å². The third kappa shape index (κ3) is 4.57. The van der Waals surface area contributed by atoms with Crippen LogP contribution in [0.3, 0.4) is 0 Å². The molecule has 1 saturated carbocycles. The van der Waals surface area contributed by atoms with Crippen LogP contribution < -0.4 is 10.1 Å². The van der Waals surface area contributed by atoms with Crippen molar-refractivity contribution in [2.75, 3.05) is 0 Å². The molecule has 1 heterocycles. The molecule has 0 bridgehead atoms. The molecule has 0 aliphatic heterocycles. The molecular weight excluding hydrogens is 377 g/mol. The van der Waals surface area contributed by atoms with Gasteiger partial charge in [0.05, 0.1) is 30.3 Å². The van der Waals surface area contributed by atoms with Gasteiger partial charge in [0, 0.05) is 6.04 Å². The summed E-state index contributed by atoms with van der Waals surface area (Å²) in [4.78, 5) is 13.2. The molecule has 0 unspecified atom stereocenters. The molecule has 0 spiro atoms. The number of hydrogen-bond acceptors (Lipinski definition) is 6. The van der Waals surface area contributed by atoms with Gasteiger partial charge < -0.3 is 10.1 Å². The van der Waals surface area contributed by atoms with Gasteiger partial charge >= 0.3 is 6.18 Å². The Hall–Kier alpha value is -3.16. The Morgan fingerprint density at radius 1 is 1.32 bits per heavy atom. The Kier molecular flexibility index (Phi) is 5.48. The van der Waals surface area contributed by atoms with Gasteiger partial charge in [-0.2, -0.15) is 23.2 Å². The number of carbonyl (C=O) groups is 1. The van der Waals surface area contributed by atoms with Crippen LogP contribution in [-0.4, -0.2) is 38.3 Å². The van der Waals surface area contributed by atoms with Crippen LogP contribution in [0.1, 0.15) is 47.4 Å². The SMILES string of the molecule is Cn1nnc(C(=O)NC2CCC(Oc3ccc(C#N)c(C(F)(F)F)c3)CC2)n1. The summed E-state index contributed by atoms with van der Waals surface area (Å²) in [6.45, 7) is 0. The van der Waals surface area contributed by atoms with E-state index in [-0.39, 0.29) is 23.7 Å². The molecule has 28 heavy (non-hydrogen) atoms. The van der Waals surface area contributed by atoms with Crippen LogP contribution in [0.25, 0.3) is 0 Å². The summed E-state index contributed by atoms with van der Waals surface area (Å²) in [7, 11) is 1.56. The van der Waals surface area contributed by atoms with Crippen molar-refractivity contribution in [2.24, 2.45) is 7.05 Å². The number of ether oxygens (including phenoxy) is 1. The topological polar surface area (TPSA) is 106 Å². The van der Waals surface area contributed by atoms with Gasteiger partial charge in [-0.25, -0.2) is 0 Å². The van der Waals surface area contributed by atoms with Gasteiger partial charge in [0.15, 0.2) is 0 Å². The zero-order valence-corrected chi connectivity index (χ0v) is 14.9. The number of alkyl halides is 3. The number of aromatic nitrogens is 4. The average molecular weight is 394 g/mol. The summed E-state index contributed by atoms with van der Waals surface area (Å²) in [5, 5.41) is 22.7. The molecule has 0 radical (unpaired) electrons. The number of amides is 1. The van der Waals surface area contributed by atoms with Crippen molar-refractivity contribution in [1.82, 2.24) is 25.5 Å². The van der Waals surface area contributed by atoms with E-state index in [2.05, 4.69) is 20.7 Å². The smallest absolute Gasteiger partial charge is 0.417 e. The van der Waals surface area contributed by atoms with E-state index in [0.717, 1.165) is 12.1 Å². The summed E-state index contributed by atoms with van der Waals surface area (Å²) in [5.74, 6) is -0.361. The first kappa shape index (κ1) is 19.6. The molecule has 1 aromatic heterocycles. The Morgan fingerprint density at radius 2 is 2.04 bits per heavy atom. The summed E-state index contributed by atoms with van der Waals surface area (Å²) in [6, 6.07) is 4.77. The van der Waals surface area contributed by atoms with E-state index in [1.165, 1.54) is 10.9 Å². The molecule has 8 nitrogen and oxygen atoms in total. The van der Waals surface area contributed by atoms with Crippen LogP contribution in [0.15, 0.2) is 18.2 Å². The van der Waals surface area contributed by atoms with Crippen LogP contribution in [0.5, 0.6) is 5.75 Å². The molecule has 11 heteroatoms. The quantitative estimate of drug-likeness (QED) is 0.852. The van der Waals surface area contributed by atoms with E-state index in [1.54, 1.807) is 13.1 Å². The molecule has 1 fully saturated rings. The van der Waals surface area contributed by atoms with Crippen LogP contribution in [-0.2, 0) is 13.2 Å². The van der Waals surface area contributed by atoms with Crippen molar-refractivity contribution in [1.29, 1.82) is 5.26 Å². The Labute approximate surface area is 158 Å². The van der Waals surface area contributed by atoms with Gasteiger partial charge in [-0.05, 0) is 49.1 Å². The number of rotatable bonds is 4. The van der Waals surface area contributed by atoms with Gasteiger partial charge in [0.1, 0.15) is 5.75 Å². The summed E-state index contributed by atoms with van der Waals surface area (Å²) >= 11 is 0. The molecule has 0 atom stereocenters. The predicted molar refractivity (Wildman–Crippen MR) is 89.1 cm³/mol. The van der Waals surface area contributed by atoms with Gasteiger partial charge in [-0.3, -0.25) is 4.79 Å². The van der Waals surface area contributed by atoms with E-state index < -0.39 is 23.2 Å².